The van der Waals surface area contributed by atoms with Gasteiger partial charge in [0.2, 0.25) is 11.8 Å². The number of amides is 3. The summed E-state index contributed by atoms with van der Waals surface area (Å²) in [6, 6.07) is 14.3. The monoisotopic (exact) mass is 517 g/mol. The van der Waals surface area contributed by atoms with Crippen LogP contribution < -0.4 is 10.6 Å². The molecule has 2 N–H and O–H groups in total. The van der Waals surface area contributed by atoms with Crippen LogP contribution in [-0.2, 0) is 20.7 Å². The van der Waals surface area contributed by atoms with Gasteiger partial charge in [0, 0.05) is 24.1 Å². The molecule has 2 unspecified atom stereocenters. The Morgan fingerprint density at radius 1 is 1.03 bits per heavy atom. The maximum Gasteiger partial charge on any atom is 0.408 e. The SMILES string of the molecule is C#Cc1ccc(C(C(=O)NC(C)(C)C)N(CC=C)C(=O)C(Cc2ccccc2)NC(=O)OC(C)(C)C)cc1. The van der Waals surface area contributed by atoms with E-state index in [-0.39, 0.29) is 18.9 Å². The van der Waals surface area contributed by atoms with Gasteiger partial charge >= 0.3 is 6.09 Å². The molecule has 0 saturated heterocycles. The van der Waals surface area contributed by atoms with Gasteiger partial charge in [0.15, 0.2) is 0 Å². The summed E-state index contributed by atoms with van der Waals surface area (Å²) >= 11 is 0. The van der Waals surface area contributed by atoms with Crippen molar-refractivity contribution in [2.75, 3.05) is 6.54 Å². The first-order valence-electron chi connectivity index (χ1n) is 12.6. The van der Waals surface area contributed by atoms with Crippen molar-refractivity contribution >= 4 is 17.9 Å². The molecule has 2 atom stereocenters. The lowest BCUT2D eigenvalue weighted by molar-refractivity contribution is -0.142. The largest absolute Gasteiger partial charge is 0.444 e. The van der Waals surface area contributed by atoms with Crippen LogP contribution in [0.15, 0.2) is 67.3 Å². The van der Waals surface area contributed by atoms with E-state index in [1.54, 1.807) is 51.1 Å². The Morgan fingerprint density at radius 2 is 1.63 bits per heavy atom. The number of carbonyl (C=O) groups is 3. The van der Waals surface area contributed by atoms with Crippen LogP contribution in [0.3, 0.4) is 0 Å². The standard InChI is InChI=1S/C31H39N3O4/c1-9-20-34(26(27(35)33-30(3,4)5)24-18-16-22(10-2)17-19-24)28(36)25(21-23-14-12-11-13-15-23)32-29(37)38-31(6,7)8/h2,9,11-19,25-26H,1,20-21H2,3-8H3,(H,32,37)(H,33,35). The number of hydrogen-bond donors (Lipinski definition) is 2. The Bertz CT molecular complexity index is 1150. The third-order valence-electron chi connectivity index (χ3n) is 5.33. The van der Waals surface area contributed by atoms with E-state index in [1.165, 1.54) is 4.90 Å². The molecular weight excluding hydrogens is 478 g/mol. The normalized spacial score (nSPS) is 12.9. The van der Waals surface area contributed by atoms with Crippen molar-refractivity contribution in [1.82, 2.24) is 15.5 Å². The van der Waals surface area contributed by atoms with E-state index in [4.69, 9.17) is 11.2 Å². The van der Waals surface area contributed by atoms with Crippen molar-refractivity contribution in [2.45, 2.75) is 71.2 Å². The lowest BCUT2D eigenvalue weighted by Crippen LogP contribution is -2.55. The molecule has 0 bridgehead atoms. The van der Waals surface area contributed by atoms with E-state index in [0.717, 1.165) is 5.56 Å². The molecule has 0 aliphatic heterocycles. The topological polar surface area (TPSA) is 87.7 Å². The van der Waals surface area contributed by atoms with Gasteiger partial charge in [-0.3, -0.25) is 9.59 Å². The molecular formula is C31H39N3O4. The van der Waals surface area contributed by atoms with E-state index in [9.17, 15) is 14.4 Å². The van der Waals surface area contributed by atoms with Gasteiger partial charge in [-0.05, 0) is 64.8 Å². The summed E-state index contributed by atoms with van der Waals surface area (Å²) in [7, 11) is 0. The maximum atomic E-state index is 14.1. The molecule has 2 aromatic rings. The summed E-state index contributed by atoms with van der Waals surface area (Å²) in [6.07, 6.45) is 6.55. The summed E-state index contributed by atoms with van der Waals surface area (Å²) in [6.45, 7) is 14.7. The van der Waals surface area contributed by atoms with Gasteiger partial charge < -0.3 is 20.3 Å². The van der Waals surface area contributed by atoms with Crippen molar-refractivity contribution < 1.29 is 19.1 Å². The van der Waals surface area contributed by atoms with Crippen LogP contribution >= 0.6 is 0 Å². The summed E-state index contributed by atoms with van der Waals surface area (Å²) in [5.74, 6) is 1.75. The molecule has 202 valence electrons. The molecule has 2 rings (SSSR count). The lowest BCUT2D eigenvalue weighted by Gasteiger charge is -2.35. The second-order valence-corrected chi connectivity index (χ2v) is 11.1. The summed E-state index contributed by atoms with van der Waals surface area (Å²) in [5, 5.41) is 5.71. The van der Waals surface area contributed by atoms with Crippen LogP contribution in [0.25, 0.3) is 0 Å². The van der Waals surface area contributed by atoms with E-state index >= 15 is 0 Å². The molecule has 0 spiro atoms. The zero-order chi connectivity index (χ0) is 28.5. The van der Waals surface area contributed by atoms with Crippen molar-refractivity contribution in [1.29, 1.82) is 0 Å². The Kier molecular flexibility index (Phi) is 10.3. The molecule has 7 heteroatoms. The Balaban J connectivity index is 2.55. The number of alkyl carbamates (subject to hydrolysis) is 1. The molecule has 0 aliphatic rings. The molecule has 2 aromatic carbocycles. The number of nitrogens with zero attached hydrogens (tertiary/aromatic N) is 1. The number of benzene rings is 2. The molecule has 0 fully saturated rings. The molecule has 0 heterocycles. The third kappa shape index (κ3) is 9.44. The van der Waals surface area contributed by atoms with Crippen LogP contribution in [0.2, 0.25) is 0 Å². The molecule has 0 aromatic heterocycles. The van der Waals surface area contributed by atoms with E-state index < -0.39 is 35.2 Å². The number of hydrogen-bond acceptors (Lipinski definition) is 4. The van der Waals surface area contributed by atoms with Crippen LogP contribution in [-0.4, -0.2) is 46.5 Å². The fourth-order valence-electron chi connectivity index (χ4n) is 3.83. The Morgan fingerprint density at radius 3 is 2.13 bits per heavy atom. The fraction of sp³-hybridized carbons (Fsp3) is 0.387. The minimum atomic E-state index is -0.998. The minimum absolute atomic E-state index is 0.0687. The van der Waals surface area contributed by atoms with Gasteiger partial charge in [-0.25, -0.2) is 4.79 Å². The van der Waals surface area contributed by atoms with Gasteiger partial charge in [0.1, 0.15) is 17.7 Å². The van der Waals surface area contributed by atoms with Gasteiger partial charge in [0.05, 0.1) is 0 Å². The highest BCUT2D eigenvalue weighted by Gasteiger charge is 2.37. The van der Waals surface area contributed by atoms with Crippen molar-refractivity contribution in [3.8, 4) is 12.3 Å². The fourth-order valence-corrected chi connectivity index (χ4v) is 3.83. The number of rotatable bonds is 9. The lowest BCUT2D eigenvalue weighted by atomic mass is 9.98. The van der Waals surface area contributed by atoms with Gasteiger partial charge in [-0.1, -0.05) is 54.5 Å². The summed E-state index contributed by atoms with van der Waals surface area (Å²) < 4.78 is 5.44. The highest BCUT2D eigenvalue weighted by atomic mass is 16.6. The Hall–Kier alpha value is -4.05. The van der Waals surface area contributed by atoms with E-state index in [2.05, 4.69) is 23.1 Å². The van der Waals surface area contributed by atoms with Crippen molar-refractivity contribution in [3.63, 3.8) is 0 Å². The maximum absolute atomic E-state index is 14.1. The first kappa shape index (κ1) is 30.2. The van der Waals surface area contributed by atoms with Gasteiger partial charge in [-0.2, -0.15) is 0 Å². The molecule has 0 aliphatic carbocycles. The first-order valence-corrected chi connectivity index (χ1v) is 12.6. The average molecular weight is 518 g/mol. The predicted molar refractivity (Wildman–Crippen MR) is 150 cm³/mol. The zero-order valence-electron chi connectivity index (χ0n) is 23.2. The Labute approximate surface area is 226 Å². The number of ether oxygens (including phenoxy) is 1. The highest BCUT2D eigenvalue weighted by Crippen LogP contribution is 2.25. The summed E-state index contributed by atoms with van der Waals surface area (Å²) in [5.41, 5.74) is 0.777. The van der Waals surface area contributed by atoms with Crippen LogP contribution in [0.4, 0.5) is 4.79 Å². The van der Waals surface area contributed by atoms with E-state index in [1.807, 2.05) is 51.1 Å². The molecule has 0 saturated carbocycles. The van der Waals surface area contributed by atoms with Crippen LogP contribution in [0, 0.1) is 12.3 Å². The second-order valence-electron chi connectivity index (χ2n) is 11.1. The van der Waals surface area contributed by atoms with Gasteiger partial charge in [-0.15, -0.1) is 13.0 Å². The smallest absolute Gasteiger partial charge is 0.408 e. The van der Waals surface area contributed by atoms with Crippen LogP contribution in [0.5, 0.6) is 0 Å². The molecule has 0 radical (unpaired) electrons. The number of nitrogens with one attached hydrogen (secondary N) is 2. The van der Waals surface area contributed by atoms with Gasteiger partial charge in [0.25, 0.3) is 0 Å². The van der Waals surface area contributed by atoms with E-state index in [0.29, 0.717) is 11.1 Å². The highest BCUT2D eigenvalue weighted by molar-refractivity contribution is 5.92. The molecule has 38 heavy (non-hydrogen) atoms. The zero-order valence-corrected chi connectivity index (χ0v) is 23.2. The average Bonchev–Trinajstić information content (AvgIpc) is 2.81. The summed E-state index contributed by atoms with van der Waals surface area (Å²) in [4.78, 5) is 42.0. The number of carbonyl (C=O) groups excluding carboxylic acids is 3. The first-order chi connectivity index (χ1) is 17.7. The number of terminal acetylenes is 1. The minimum Gasteiger partial charge on any atom is -0.444 e. The van der Waals surface area contributed by atoms with Crippen molar-refractivity contribution in [3.05, 3.63) is 83.9 Å². The second kappa shape index (κ2) is 13.0. The predicted octanol–water partition coefficient (Wildman–Crippen LogP) is 4.77. The van der Waals surface area contributed by atoms with Crippen molar-refractivity contribution in [2.24, 2.45) is 0 Å². The van der Waals surface area contributed by atoms with Crippen LogP contribution in [0.1, 0.15) is 64.3 Å². The molecule has 3 amide bonds. The third-order valence-corrected chi connectivity index (χ3v) is 5.33. The quantitative estimate of drug-likeness (QED) is 0.370. The molecule has 7 nitrogen and oxygen atoms in total.